The zero-order valence-corrected chi connectivity index (χ0v) is 17.1. The van der Waals surface area contributed by atoms with Crippen LogP contribution in [0.3, 0.4) is 0 Å². The van der Waals surface area contributed by atoms with Crippen LogP contribution in [0.25, 0.3) is 0 Å². The lowest BCUT2D eigenvalue weighted by atomic mass is 10.2. The van der Waals surface area contributed by atoms with E-state index in [1.165, 1.54) is 0 Å². The van der Waals surface area contributed by atoms with E-state index in [-0.39, 0.29) is 12.5 Å². The number of ether oxygens (including phenoxy) is 1. The lowest BCUT2D eigenvalue weighted by molar-refractivity contribution is -0.119. The van der Waals surface area contributed by atoms with Crippen LogP contribution in [0.15, 0.2) is 87.1 Å². The Morgan fingerprint density at radius 1 is 0.929 bits per heavy atom. The van der Waals surface area contributed by atoms with Crippen LogP contribution in [0, 0.1) is 0 Å². The van der Waals surface area contributed by atoms with Gasteiger partial charge in [0.1, 0.15) is 5.75 Å². The van der Waals surface area contributed by atoms with Crippen LogP contribution in [-0.2, 0) is 4.79 Å². The van der Waals surface area contributed by atoms with Crippen molar-refractivity contribution in [1.29, 1.82) is 0 Å². The average Bonchev–Trinajstić information content (AvgIpc) is 2.70. The molecule has 7 heteroatoms. The molecule has 0 spiro atoms. The number of rotatable bonds is 7. The van der Waals surface area contributed by atoms with Crippen LogP contribution in [0.4, 0.5) is 5.69 Å². The fourth-order valence-electron chi connectivity index (χ4n) is 2.37. The Morgan fingerprint density at radius 2 is 1.54 bits per heavy atom. The summed E-state index contributed by atoms with van der Waals surface area (Å²) in [7, 11) is 0. The normalized spacial score (nSPS) is 10.3. The van der Waals surface area contributed by atoms with E-state index in [4.69, 9.17) is 10.5 Å². The summed E-state index contributed by atoms with van der Waals surface area (Å²) in [5.41, 5.74) is 6.09. The molecule has 0 saturated heterocycles. The van der Waals surface area contributed by atoms with Gasteiger partial charge in [-0.25, -0.2) is 0 Å². The second-order valence-corrected chi connectivity index (χ2v) is 7.85. The molecule has 0 aliphatic rings. The molecule has 0 fully saturated rings. The summed E-state index contributed by atoms with van der Waals surface area (Å²) in [5, 5.41) is 2.83. The number of hydrogen-bond acceptors (Lipinski definition) is 4. The predicted molar refractivity (Wildman–Crippen MR) is 114 cm³/mol. The first-order valence-electron chi connectivity index (χ1n) is 8.36. The molecule has 0 radical (unpaired) electrons. The molecule has 0 unspecified atom stereocenters. The van der Waals surface area contributed by atoms with Crippen LogP contribution in [0.1, 0.15) is 10.4 Å². The van der Waals surface area contributed by atoms with E-state index in [0.717, 1.165) is 14.3 Å². The Morgan fingerprint density at radius 3 is 2.18 bits per heavy atom. The third-order valence-corrected chi connectivity index (χ3v) is 5.21. The van der Waals surface area contributed by atoms with E-state index in [1.54, 1.807) is 36.0 Å². The number of nitrogens with two attached hydrogens (primary N) is 1. The lowest BCUT2D eigenvalue weighted by Crippen LogP contribution is -2.21. The molecule has 0 aromatic heterocycles. The maximum Gasteiger partial charge on any atom is 0.259 e. The third kappa shape index (κ3) is 5.61. The van der Waals surface area contributed by atoms with E-state index < -0.39 is 5.91 Å². The first kappa shape index (κ1) is 20.0. The minimum atomic E-state index is -0.603. The number of hydrogen-bond donors (Lipinski definition) is 2. The number of halogens is 1. The van der Waals surface area contributed by atoms with Crippen molar-refractivity contribution in [2.75, 3.05) is 11.9 Å². The van der Waals surface area contributed by atoms with E-state index in [0.29, 0.717) is 17.0 Å². The highest BCUT2D eigenvalue weighted by Crippen LogP contribution is 2.29. The van der Waals surface area contributed by atoms with Crippen LogP contribution in [0.2, 0.25) is 0 Å². The summed E-state index contributed by atoms with van der Waals surface area (Å²) >= 11 is 5.06. The Kier molecular flexibility index (Phi) is 6.73. The minimum absolute atomic E-state index is 0.285. The van der Waals surface area contributed by atoms with Gasteiger partial charge in [-0.15, -0.1) is 0 Å². The van der Waals surface area contributed by atoms with Gasteiger partial charge in [0.2, 0.25) is 0 Å². The number of carbonyl (C=O) groups excluding carboxylic acids is 2. The van der Waals surface area contributed by atoms with Crippen molar-refractivity contribution in [3.8, 4) is 5.75 Å². The van der Waals surface area contributed by atoms with Crippen molar-refractivity contribution < 1.29 is 14.3 Å². The number of nitrogens with one attached hydrogen (secondary N) is 1. The number of benzene rings is 3. The number of primary amides is 1. The molecule has 2 amide bonds. The highest BCUT2D eigenvalue weighted by atomic mass is 79.9. The maximum absolute atomic E-state index is 12.6. The molecule has 3 aromatic rings. The molecule has 0 saturated carbocycles. The molecule has 0 heterocycles. The zero-order chi connectivity index (χ0) is 19.9. The molecule has 142 valence electrons. The number of amides is 2. The van der Waals surface area contributed by atoms with Crippen LogP contribution in [0.5, 0.6) is 5.75 Å². The minimum Gasteiger partial charge on any atom is -0.483 e. The van der Waals surface area contributed by atoms with Crippen LogP contribution < -0.4 is 15.8 Å². The first-order chi connectivity index (χ1) is 13.5. The van der Waals surface area contributed by atoms with Gasteiger partial charge in [0.15, 0.2) is 6.61 Å². The van der Waals surface area contributed by atoms with Crippen molar-refractivity contribution in [2.24, 2.45) is 5.73 Å². The molecular weight excluding hydrogens is 440 g/mol. The van der Waals surface area contributed by atoms with Gasteiger partial charge in [0.25, 0.3) is 11.8 Å². The fraction of sp³-hybridized carbons (Fsp3) is 0.0476. The summed E-state index contributed by atoms with van der Waals surface area (Å²) in [6.07, 6.45) is 0. The number of anilines is 1. The maximum atomic E-state index is 12.6. The largest absolute Gasteiger partial charge is 0.483 e. The molecule has 0 atom stereocenters. The van der Waals surface area contributed by atoms with Crippen LogP contribution >= 0.6 is 27.7 Å². The van der Waals surface area contributed by atoms with Crippen molar-refractivity contribution in [1.82, 2.24) is 0 Å². The molecule has 3 aromatic carbocycles. The van der Waals surface area contributed by atoms with Gasteiger partial charge < -0.3 is 15.8 Å². The van der Waals surface area contributed by atoms with Crippen molar-refractivity contribution in [3.63, 3.8) is 0 Å². The molecule has 3 N–H and O–H groups in total. The van der Waals surface area contributed by atoms with E-state index >= 15 is 0 Å². The Balaban J connectivity index is 1.66. The summed E-state index contributed by atoms with van der Waals surface area (Å²) in [6, 6.07) is 22.3. The molecular formula is C21H17BrN2O3S. The van der Waals surface area contributed by atoms with Crippen LogP contribution in [-0.4, -0.2) is 18.4 Å². The Bertz CT molecular complexity index is 976. The Labute approximate surface area is 175 Å². The van der Waals surface area contributed by atoms with Gasteiger partial charge in [-0.05, 0) is 60.7 Å². The molecule has 0 aliphatic carbocycles. The van der Waals surface area contributed by atoms with Crippen molar-refractivity contribution >= 4 is 45.2 Å². The Hall–Kier alpha value is -2.77. The lowest BCUT2D eigenvalue weighted by Gasteiger charge is -2.11. The molecule has 0 aliphatic heterocycles. The molecule has 3 rings (SSSR count). The summed E-state index contributed by atoms with van der Waals surface area (Å²) in [4.78, 5) is 25.7. The molecule has 0 bridgehead atoms. The number of carbonyl (C=O) groups is 2. The van der Waals surface area contributed by atoms with Gasteiger partial charge in [-0.1, -0.05) is 39.8 Å². The third-order valence-electron chi connectivity index (χ3n) is 3.66. The van der Waals surface area contributed by atoms with E-state index in [1.807, 2.05) is 48.5 Å². The first-order valence-corrected chi connectivity index (χ1v) is 9.97. The second-order valence-electron chi connectivity index (χ2n) is 5.79. The van der Waals surface area contributed by atoms with E-state index in [9.17, 15) is 9.59 Å². The molecule has 5 nitrogen and oxygen atoms in total. The quantitative estimate of drug-likeness (QED) is 0.538. The standard InChI is InChI=1S/C21H17BrN2O3S/c22-14-5-9-16(10-6-14)28-17-11-7-15(8-12-17)24-21(26)18-3-1-2-4-19(18)27-13-20(23)25/h1-12H,13H2,(H2,23,25)(H,24,26). The van der Waals surface area contributed by atoms with Gasteiger partial charge in [-0.2, -0.15) is 0 Å². The number of para-hydroxylation sites is 1. The monoisotopic (exact) mass is 456 g/mol. The zero-order valence-electron chi connectivity index (χ0n) is 14.7. The molecule has 28 heavy (non-hydrogen) atoms. The second kappa shape index (κ2) is 9.43. The van der Waals surface area contributed by atoms with Gasteiger partial charge in [0, 0.05) is 20.0 Å². The average molecular weight is 457 g/mol. The highest BCUT2D eigenvalue weighted by Gasteiger charge is 2.13. The van der Waals surface area contributed by atoms with Crippen molar-refractivity contribution in [2.45, 2.75) is 9.79 Å². The van der Waals surface area contributed by atoms with Gasteiger partial charge in [-0.3, -0.25) is 9.59 Å². The summed E-state index contributed by atoms with van der Waals surface area (Å²) in [5.74, 6) is -0.622. The highest BCUT2D eigenvalue weighted by molar-refractivity contribution is 9.10. The predicted octanol–water partition coefficient (Wildman–Crippen LogP) is 4.72. The topological polar surface area (TPSA) is 81.4 Å². The fourth-order valence-corrected chi connectivity index (χ4v) is 3.45. The SMILES string of the molecule is NC(=O)COc1ccccc1C(=O)Nc1ccc(Sc2ccc(Br)cc2)cc1. The van der Waals surface area contributed by atoms with Gasteiger partial charge >= 0.3 is 0 Å². The smallest absolute Gasteiger partial charge is 0.259 e. The summed E-state index contributed by atoms with van der Waals surface area (Å²) in [6.45, 7) is -0.285. The van der Waals surface area contributed by atoms with Gasteiger partial charge in [0.05, 0.1) is 5.56 Å². The van der Waals surface area contributed by atoms with Crippen molar-refractivity contribution in [3.05, 3.63) is 82.8 Å². The summed E-state index contributed by atoms with van der Waals surface area (Å²) < 4.78 is 6.35. The van der Waals surface area contributed by atoms with E-state index in [2.05, 4.69) is 21.2 Å².